The first-order chi connectivity index (χ1) is 13.8. The summed E-state index contributed by atoms with van der Waals surface area (Å²) in [7, 11) is 0. The quantitative estimate of drug-likeness (QED) is 0.282. The van der Waals surface area contributed by atoms with Crippen LogP contribution in [0.1, 0.15) is 24.0 Å². The number of carbonyl (C=O) groups is 3. The average Bonchev–Trinajstić information content (AvgIpc) is 2.66. The van der Waals surface area contributed by atoms with Gasteiger partial charge in [0.2, 0.25) is 5.91 Å². The second kappa shape index (κ2) is 10.5. The number of carboxylic acids is 1. The van der Waals surface area contributed by atoms with Crippen molar-refractivity contribution in [3.05, 3.63) is 59.7 Å². The van der Waals surface area contributed by atoms with E-state index in [1.54, 1.807) is 42.5 Å². The van der Waals surface area contributed by atoms with E-state index in [0.717, 1.165) is 5.56 Å². The SMILES string of the molecule is N=C(N)c1ccc(NC(=O)Nc2cccc(CCC(=O)NCCC(=O)O)c2)cc1. The zero-order valence-corrected chi connectivity index (χ0v) is 15.7. The molecule has 2 aromatic carbocycles. The molecule has 0 saturated carbocycles. The van der Waals surface area contributed by atoms with Gasteiger partial charge in [-0.2, -0.15) is 0 Å². The van der Waals surface area contributed by atoms with E-state index >= 15 is 0 Å². The number of benzene rings is 2. The van der Waals surface area contributed by atoms with Crippen LogP contribution in [0.25, 0.3) is 0 Å². The summed E-state index contributed by atoms with van der Waals surface area (Å²) >= 11 is 0. The summed E-state index contributed by atoms with van der Waals surface area (Å²) in [5.74, 6) is -1.23. The molecule has 0 saturated heterocycles. The van der Waals surface area contributed by atoms with Crippen molar-refractivity contribution in [2.24, 2.45) is 5.73 Å². The van der Waals surface area contributed by atoms with Crippen LogP contribution >= 0.6 is 0 Å². The molecule has 0 heterocycles. The molecule has 0 aromatic heterocycles. The average molecular weight is 397 g/mol. The Bertz CT molecular complexity index is 896. The van der Waals surface area contributed by atoms with Crippen LogP contribution in [-0.2, 0) is 16.0 Å². The highest BCUT2D eigenvalue weighted by atomic mass is 16.4. The standard InChI is InChI=1S/C20H23N5O4/c21-19(22)14-5-7-15(8-6-14)24-20(29)25-16-3-1-2-13(12-16)4-9-17(26)23-11-10-18(27)28/h1-3,5-8,12H,4,9-11H2,(H3,21,22)(H,23,26)(H,27,28)(H2,24,25,29). The molecule has 0 aliphatic rings. The molecule has 0 fully saturated rings. The maximum atomic E-state index is 12.2. The fourth-order valence-corrected chi connectivity index (χ4v) is 2.49. The van der Waals surface area contributed by atoms with E-state index in [4.69, 9.17) is 16.2 Å². The molecule has 0 radical (unpaired) electrons. The van der Waals surface area contributed by atoms with Crippen LogP contribution in [0, 0.1) is 5.41 Å². The molecule has 9 nitrogen and oxygen atoms in total. The predicted octanol–water partition coefficient (Wildman–Crippen LogP) is 2.14. The van der Waals surface area contributed by atoms with Gasteiger partial charge in [-0.1, -0.05) is 12.1 Å². The lowest BCUT2D eigenvalue weighted by Crippen LogP contribution is -2.26. The fourth-order valence-electron chi connectivity index (χ4n) is 2.49. The fraction of sp³-hybridized carbons (Fsp3) is 0.200. The number of carbonyl (C=O) groups excluding carboxylic acids is 2. The second-order valence-electron chi connectivity index (χ2n) is 6.26. The number of hydrogen-bond acceptors (Lipinski definition) is 4. The Balaban J connectivity index is 1.83. The molecule has 2 rings (SSSR count). The van der Waals surface area contributed by atoms with Gasteiger partial charge in [0.25, 0.3) is 0 Å². The van der Waals surface area contributed by atoms with E-state index < -0.39 is 12.0 Å². The molecule has 0 aliphatic heterocycles. The normalized spacial score (nSPS) is 10.1. The molecular weight excluding hydrogens is 374 g/mol. The first-order valence-electron chi connectivity index (χ1n) is 8.93. The van der Waals surface area contributed by atoms with E-state index in [2.05, 4.69) is 16.0 Å². The van der Waals surface area contributed by atoms with Crippen molar-refractivity contribution in [2.75, 3.05) is 17.2 Å². The Morgan fingerprint density at radius 2 is 1.66 bits per heavy atom. The van der Waals surface area contributed by atoms with E-state index in [1.165, 1.54) is 0 Å². The summed E-state index contributed by atoms with van der Waals surface area (Å²) in [6.07, 6.45) is 0.568. The summed E-state index contributed by atoms with van der Waals surface area (Å²) in [4.78, 5) is 34.3. The van der Waals surface area contributed by atoms with Crippen molar-refractivity contribution in [1.29, 1.82) is 5.41 Å². The minimum atomic E-state index is -0.961. The van der Waals surface area contributed by atoms with Gasteiger partial charge >= 0.3 is 12.0 Å². The number of nitrogens with two attached hydrogens (primary N) is 1. The molecule has 152 valence electrons. The third-order valence-electron chi connectivity index (χ3n) is 3.94. The molecule has 0 bridgehead atoms. The number of aliphatic carboxylic acids is 1. The third-order valence-corrected chi connectivity index (χ3v) is 3.94. The van der Waals surface area contributed by atoms with Crippen molar-refractivity contribution in [3.63, 3.8) is 0 Å². The highest BCUT2D eigenvalue weighted by molar-refractivity contribution is 6.00. The third kappa shape index (κ3) is 7.71. The van der Waals surface area contributed by atoms with Crippen LogP contribution in [0.15, 0.2) is 48.5 Å². The van der Waals surface area contributed by atoms with Crippen LogP contribution in [-0.4, -0.2) is 35.4 Å². The van der Waals surface area contributed by atoms with Crippen molar-refractivity contribution in [2.45, 2.75) is 19.3 Å². The Kier molecular flexibility index (Phi) is 7.72. The van der Waals surface area contributed by atoms with Gasteiger partial charge in [-0.05, 0) is 48.4 Å². The summed E-state index contributed by atoms with van der Waals surface area (Å²) in [5.41, 5.74) is 7.96. The number of rotatable bonds is 9. The second-order valence-corrected chi connectivity index (χ2v) is 6.26. The largest absolute Gasteiger partial charge is 0.481 e. The summed E-state index contributed by atoms with van der Waals surface area (Å²) < 4.78 is 0. The van der Waals surface area contributed by atoms with Crippen molar-refractivity contribution in [1.82, 2.24) is 5.32 Å². The number of amides is 3. The van der Waals surface area contributed by atoms with Crippen LogP contribution in [0.4, 0.5) is 16.2 Å². The van der Waals surface area contributed by atoms with Crippen molar-refractivity contribution < 1.29 is 19.5 Å². The Morgan fingerprint density at radius 1 is 0.966 bits per heavy atom. The molecule has 3 amide bonds. The van der Waals surface area contributed by atoms with Gasteiger partial charge in [-0.15, -0.1) is 0 Å². The summed E-state index contributed by atoms with van der Waals surface area (Å²) in [6, 6.07) is 13.3. The number of nitrogen functional groups attached to an aromatic ring is 1. The van der Waals surface area contributed by atoms with Crippen LogP contribution in [0.3, 0.4) is 0 Å². The molecule has 29 heavy (non-hydrogen) atoms. The van der Waals surface area contributed by atoms with Gasteiger partial charge < -0.3 is 26.8 Å². The summed E-state index contributed by atoms with van der Waals surface area (Å²) in [6.45, 7) is 0.101. The number of nitrogens with one attached hydrogen (secondary N) is 4. The van der Waals surface area contributed by atoms with E-state index in [9.17, 15) is 14.4 Å². The monoisotopic (exact) mass is 397 g/mol. The Hall–Kier alpha value is -3.88. The van der Waals surface area contributed by atoms with E-state index in [0.29, 0.717) is 23.4 Å². The molecule has 9 heteroatoms. The molecule has 0 unspecified atom stereocenters. The van der Waals surface area contributed by atoms with Gasteiger partial charge in [-0.3, -0.25) is 15.0 Å². The Labute approximate surface area is 167 Å². The van der Waals surface area contributed by atoms with Gasteiger partial charge in [0.15, 0.2) is 0 Å². The van der Waals surface area contributed by atoms with Crippen molar-refractivity contribution in [3.8, 4) is 0 Å². The van der Waals surface area contributed by atoms with Crippen LogP contribution in [0.2, 0.25) is 0 Å². The minimum absolute atomic E-state index is 0.0478. The maximum absolute atomic E-state index is 12.2. The summed E-state index contributed by atoms with van der Waals surface area (Å²) in [5, 5.41) is 23.9. The zero-order valence-electron chi connectivity index (χ0n) is 15.7. The molecule has 2 aromatic rings. The predicted molar refractivity (Wildman–Crippen MR) is 110 cm³/mol. The van der Waals surface area contributed by atoms with Gasteiger partial charge in [0.05, 0.1) is 6.42 Å². The number of anilines is 2. The highest BCUT2D eigenvalue weighted by Gasteiger charge is 2.06. The maximum Gasteiger partial charge on any atom is 0.323 e. The number of hydrogen-bond donors (Lipinski definition) is 6. The van der Waals surface area contributed by atoms with Crippen molar-refractivity contribution >= 4 is 35.1 Å². The highest BCUT2D eigenvalue weighted by Crippen LogP contribution is 2.14. The number of aryl methyl sites for hydroxylation is 1. The topological polar surface area (TPSA) is 157 Å². The number of urea groups is 1. The Morgan fingerprint density at radius 3 is 2.31 bits per heavy atom. The van der Waals surface area contributed by atoms with Crippen LogP contribution < -0.4 is 21.7 Å². The van der Waals surface area contributed by atoms with Gasteiger partial charge in [0.1, 0.15) is 5.84 Å². The lowest BCUT2D eigenvalue weighted by molar-refractivity contribution is -0.136. The van der Waals surface area contributed by atoms with Gasteiger partial charge in [0, 0.05) is 29.9 Å². The first-order valence-corrected chi connectivity index (χ1v) is 8.93. The van der Waals surface area contributed by atoms with E-state index in [-0.39, 0.29) is 31.1 Å². The zero-order chi connectivity index (χ0) is 21.2. The lowest BCUT2D eigenvalue weighted by Gasteiger charge is -2.10. The number of carboxylic acid groups (broad SMARTS) is 1. The van der Waals surface area contributed by atoms with Gasteiger partial charge in [-0.25, -0.2) is 4.79 Å². The smallest absolute Gasteiger partial charge is 0.323 e. The van der Waals surface area contributed by atoms with E-state index in [1.807, 2.05) is 6.07 Å². The van der Waals surface area contributed by atoms with Crippen LogP contribution in [0.5, 0.6) is 0 Å². The molecule has 0 aliphatic carbocycles. The lowest BCUT2D eigenvalue weighted by atomic mass is 10.1. The molecule has 0 atom stereocenters. The first kappa shape index (κ1) is 21.4. The molecule has 0 spiro atoms. The number of amidine groups is 1. The minimum Gasteiger partial charge on any atom is -0.481 e. The molecule has 7 N–H and O–H groups in total. The molecular formula is C20H23N5O4.